The molecule has 3 heteroatoms. The minimum Gasteiger partial charge on any atom is -0.478 e. The van der Waals surface area contributed by atoms with E-state index in [0.717, 1.165) is 12.8 Å². The molecule has 1 aromatic rings. The Labute approximate surface area is 166 Å². The molecule has 1 atom stereocenters. The molecule has 0 aliphatic carbocycles. The summed E-state index contributed by atoms with van der Waals surface area (Å²) in [6, 6.07) is 7.94. The van der Waals surface area contributed by atoms with Crippen LogP contribution in [0.2, 0.25) is 0 Å². The number of carboxylic acid groups (broad SMARTS) is 1. The maximum atomic E-state index is 11.9. The van der Waals surface area contributed by atoms with Crippen molar-refractivity contribution in [1.29, 1.82) is 0 Å². The first-order valence-electron chi connectivity index (χ1n) is 9.93. The van der Waals surface area contributed by atoms with Gasteiger partial charge < -0.3 is 9.84 Å². The van der Waals surface area contributed by atoms with Gasteiger partial charge in [0.1, 0.15) is 5.75 Å². The topological polar surface area (TPSA) is 46.5 Å². The molecule has 0 heterocycles. The summed E-state index contributed by atoms with van der Waals surface area (Å²) >= 11 is 0. The molecule has 0 fully saturated rings. The van der Waals surface area contributed by atoms with E-state index in [4.69, 9.17) is 4.74 Å². The van der Waals surface area contributed by atoms with Crippen molar-refractivity contribution in [2.45, 2.75) is 93.6 Å². The molecule has 0 radical (unpaired) electrons. The zero-order valence-corrected chi connectivity index (χ0v) is 19.1. The second-order valence-corrected chi connectivity index (χ2v) is 11.7. The smallest absolute Gasteiger partial charge is 0.345 e. The van der Waals surface area contributed by atoms with Crippen LogP contribution in [-0.4, -0.2) is 17.2 Å². The number of carbonyl (C=O) groups is 1. The Balaban J connectivity index is 3.02. The van der Waals surface area contributed by atoms with Crippen molar-refractivity contribution in [1.82, 2.24) is 0 Å². The molecule has 1 aromatic carbocycles. The van der Waals surface area contributed by atoms with E-state index in [0.29, 0.717) is 5.75 Å². The van der Waals surface area contributed by atoms with E-state index in [-0.39, 0.29) is 16.2 Å². The number of carboxylic acids is 1. The number of hydrogen-bond acceptors (Lipinski definition) is 2. The van der Waals surface area contributed by atoms with Crippen LogP contribution in [0.5, 0.6) is 5.75 Å². The van der Waals surface area contributed by atoms with Crippen LogP contribution in [0.15, 0.2) is 24.3 Å². The monoisotopic (exact) mass is 376 g/mol. The molecule has 1 rings (SSSR count). The lowest BCUT2D eigenvalue weighted by Crippen LogP contribution is -2.43. The summed E-state index contributed by atoms with van der Waals surface area (Å²) in [4.78, 5) is 11.9. The van der Waals surface area contributed by atoms with Gasteiger partial charge in [-0.1, -0.05) is 81.4 Å². The molecule has 0 aromatic heterocycles. The van der Waals surface area contributed by atoms with Crippen molar-refractivity contribution in [3.05, 3.63) is 29.8 Å². The van der Waals surface area contributed by atoms with Crippen LogP contribution in [0.3, 0.4) is 0 Å². The molecular weight excluding hydrogens is 336 g/mol. The van der Waals surface area contributed by atoms with Gasteiger partial charge in [0.2, 0.25) is 6.10 Å². The third-order valence-corrected chi connectivity index (χ3v) is 4.78. The zero-order valence-electron chi connectivity index (χ0n) is 19.1. The van der Waals surface area contributed by atoms with Gasteiger partial charge in [0, 0.05) is 5.41 Å². The number of ether oxygens (including phenoxy) is 1. The molecule has 0 bridgehead atoms. The fraction of sp³-hybridized carbons (Fsp3) is 0.708. The lowest BCUT2D eigenvalue weighted by Gasteiger charge is -2.37. The average molecular weight is 377 g/mol. The highest BCUT2D eigenvalue weighted by molar-refractivity contribution is 5.73. The highest BCUT2D eigenvalue weighted by Crippen LogP contribution is 2.39. The Kier molecular flexibility index (Phi) is 6.84. The summed E-state index contributed by atoms with van der Waals surface area (Å²) in [5, 5.41) is 9.75. The molecular formula is C24H40O3. The zero-order chi connectivity index (χ0) is 21.3. The third-order valence-electron chi connectivity index (χ3n) is 4.78. The predicted molar refractivity (Wildman–Crippen MR) is 113 cm³/mol. The lowest BCUT2D eigenvalue weighted by atomic mass is 9.72. The first-order chi connectivity index (χ1) is 11.9. The number of hydrogen-bond donors (Lipinski definition) is 1. The predicted octanol–water partition coefficient (Wildman–Crippen LogP) is 6.69. The molecule has 0 amide bonds. The van der Waals surface area contributed by atoms with E-state index < -0.39 is 17.5 Å². The first kappa shape index (κ1) is 23.5. The van der Waals surface area contributed by atoms with Gasteiger partial charge in [-0.3, -0.25) is 0 Å². The van der Waals surface area contributed by atoms with Crippen LogP contribution in [0.1, 0.15) is 87.6 Å². The maximum absolute atomic E-state index is 11.9. The van der Waals surface area contributed by atoms with Crippen LogP contribution in [0, 0.1) is 16.2 Å². The van der Waals surface area contributed by atoms with Gasteiger partial charge in [-0.2, -0.15) is 0 Å². The van der Waals surface area contributed by atoms with Crippen molar-refractivity contribution in [3.63, 3.8) is 0 Å². The largest absolute Gasteiger partial charge is 0.478 e. The van der Waals surface area contributed by atoms with Crippen LogP contribution in [0.25, 0.3) is 0 Å². The van der Waals surface area contributed by atoms with Crippen LogP contribution < -0.4 is 4.74 Å². The summed E-state index contributed by atoms with van der Waals surface area (Å²) in [7, 11) is 0. The van der Waals surface area contributed by atoms with Gasteiger partial charge in [0.05, 0.1) is 0 Å². The van der Waals surface area contributed by atoms with Gasteiger partial charge in [-0.25, -0.2) is 4.79 Å². The van der Waals surface area contributed by atoms with Crippen molar-refractivity contribution >= 4 is 5.97 Å². The fourth-order valence-electron chi connectivity index (χ4n) is 4.55. The minimum absolute atomic E-state index is 0.0292. The van der Waals surface area contributed by atoms with Gasteiger partial charge in [-0.05, 0) is 46.8 Å². The molecule has 154 valence electrons. The molecule has 0 saturated heterocycles. The number of rotatable bonds is 7. The molecule has 1 unspecified atom stereocenters. The molecule has 0 aliphatic rings. The van der Waals surface area contributed by atoms with Crippen LogP contribution in [-0.2, 0) is 10.2 Å². The summed E-state index contributed by atoms with van der Waals surface area (Å²) in [5.41, 5.74) is 1.08. The number of aliphatic carboxylic acids is 1. The molecule has 3 nitrogen and oxygen atoms in total. The normalized spacial score (nSPS) is 14.7. The third kappa shape index (κ3) is 7.56. The highest BCUT2D eigenvalue weighted by Gasteiger charge is 2.40. The Morgan fingerprint density at radius 3 is 1.67 bits per heavy atom. The summed E-state index contributed by atoms with van der Waals surface area (Å²) < 4.78 is 5.96. The van der Waals surface area contributed by atoms with E-state index in [9.17, 15) is 9.90 Å². The van der Waals surface area contributed by atoms with E-state index in [1.165, 1.54) is 5.56 Å². The quantitative estimate of drug-likeness (QED) is 0.576. The summed E-state index contributed by atoms with van der Waals surface area (Å²) in [5.74, 6) is -0.305. The van der Waals surface area contributed by atoms with E-state index in [2.05, 4.69) is 67.5 Å². The average Bonchev–Trinajstić information content (AvgIpc) is 2.39. The van der Waals surface area contributed by atoms with E-state index in [1.807, 2.05) is 26.0 Å². The Morgan fingerprint density at radius 1 is 0.852 bits per heavy atom. The second-order valence-electron chi connectivity index (χ2n) is 11.7. The van der Waals surface area contributed by atoms with Crippen molar-refractivity contribution < 1.29 is 14.6 Å². The molecule has 1 N–H and O–H groups in total. The Bertz CT molecular complexity index is 625. The van der Waals surface area contributed by atoms with E-state index >= 15 is 0 Å². The van der Waals surface area contributed by atoms with Gasteiger partial charge in [-0.15, -0.1) is 0 Å². The Morgan fingerprint density at radius 2 is 1.30 bits per heavy atom. The van der Waals surface area contributed by atoms with E-state index in [1.54, 1.807) is 0 Å². The Hall–Kier alpha value is -1.51. The highest BCUT2D eigenvalue weighted by atomic mass is 16.5. The summed E-state index contributed by atoms with van der Waals surface area (Å²) in [6.07, 6.45) is 0.940. The van der Waals surface area contributed by atoms with Gasteiger partial charge in [0.25, 0.3) is 0 Å². The van der Waals surface area contributed by atoms with Crippen molar-refractivity contribution in [3.8, 4) is 5.75 Å². The summed E-state index contributed by atoms with van der Waals surface area (Å²) in [6.45, 7) is 21.6. The minimum atomic E-state index is -0.915. The molecule has 0 saturated carbocycles. The molecule has 0 aliphatic heterocycles. The fourth-order valence-corrected chi connectivity index (χ4v) is 4.55. The number of benzene rings is 1. The standard InChI is InChI=1S/C24H40O3/c1-21(2,3)15-23(7,8)17-11-13-18(14-12-17)27-19(20(25)26)24(9,10)16-22(4,5)6/h11-14,19H,15-16H2,1-10H3,(H,25,26). The molecule has 27 heavy (non-hydrogen) atoms. The lowest BCUT2D eigenvalue weighted by molar-refractivity contribution is -0.151. The molecule has 0 spiro atoms. The van der Waals surface area contributed by atoms with Gasteiger partial charge in [0.15, 0.2) is 0 Å². The van der Waals surface area contributed by atoms with Crippen LogP contribution >= 0.6 is 0 Å². The second kappa shape index (κ2) is 7.85. The van der Waals surface area contributed by atoms with Crippen molar-refractivity contribution in [2.75, 3.05) is 0 Å². The SMILES string of the molecule is CC(C)(C)CC(C)(C)c1ccc(OC(C(=O)O)C(C)(C)CC(C)(C)C)cc1. The van der Waals surface area contributed by atoms with Crippen molar-refractivity contribution in [2.24, 2.45) is 16.2 Å². The van der Waals surface area contributed by atoms with Crippen LogP contribution in [0.4, 0.5) is 0 Å². The van der Waals surface area contributed by atoms with Gasteiger partial charge >= 0.3 is 5.97 Å². The maximum Gasteiger partial charge on any atom is 0.345 e. The first-order valence-corrected chi connectivity index (χ1v) is 9.93.